The Kier molecular flexibility index (Phi) is 10.5. The van der Waals surface area contributed by atoms with Crippen molar-refractivity contribution in [2.75, 3.05) is 19.6 Å². The van der Waals surface area contributed by atoms with Crippen molar-refractivity contribution in [2.45, 2.75) is 57.5 Å². The van der Waals surface area contributed by atoms with Crippen molar-refractivity contribution in [2.24, 2.45) is 0 Å². The molecule has 0 aliphatic heterocycles. The third kappa shape index (κ3) is 7.66. The Labute approximate surface area is 243 Å². The number of aryl methyl sites for hydroxylation is 1. The molecule has 1 unspecified atom stereocenters. The Morgan fingerprint density at radius 3 is 2.79 bits per heavy atom. The first-order valence-corrected chi connectivity index (χ1v) is 15.4. The lowest BCUT2D eigenvalue weighted by Gasteiger charge is -2.19. The summed E-state index contributed by atoms with van der Waals surface area (Å²) in [7, 11) is 0. The smallest absolute Gasteiger partial charge is 0.270 e. The van der Waals surface area contributed by atoms with Gasteiger partial charge in [0.2, 0.25) is 0 Å². The summed E-state index contributed by atoms with van der Waals surface area (Å²) >= 11 is 9.35. The van der Waals surface area contributed by atoms with Gasteiger partial charge in [0.1, 0.15) is 10.7 Å². The van der Waals surface area contributed by atoms with E-state index in [9.17, 15) is 4.79 Å². The van der Waals surface area contributed by atoms with Crippen LogP contribution in [0.3, 0.4) is 0 Å². The van der Waals surface area contributed by atoms with Gasteiger partial charge in [-0.05, 0) is 76.2 Å². The maximum atomic E-state index is 12.8. The van der Waals surface area contributed by atoms with Crippen LogP contribution in [-0.2, 0) is 5.75 Å². The molecule has 11 heteroatoms. The van der Waals surface area contributed by atoms with E-state index in [0.717, 1.165) is 54.3 Å². The van der Waals surface area contributed by atoms with Crippen molar-refractivity contribution in [3.8, 4) is 17.1 Å². The molecule has 0 bridgehead atoms. The maximum absolute atomic E-state index is 12.8. The zero-order chi connectivity index (χ0) is 27.8. The third-order valence-electron chi connectivity index (χ3n) is 6.46. The quantitative estimate of drug-likeness (QED) is 0.185. The summed E-state index contributed by atoms with van der Waals surface area (Å²) in [6, 6.07) is 9.69. The minimum absolute atomic E-state index is 0.0953. The molecule has 1 aromatic carbocycles. The van der Waals surface area contributed by atoms with Crippen LogP contribution in [0.2, 0.25) is 5.02 Å². The summed E-state index contributed by atoms with van der Waals surface area (Å²) < 4.78 is 2.00. The lowest BCUT2D eigenvalue weighted by molar-refractivity contribution is 0.0932. The van der Waals surface area contributed by atoms with E-state index in [4.69, 9.17) is 11.6 Å². The van der Waals surface area contributed by atoms with Crippen molar-refractivity contribution < 1.29 is 4.79 Å². The van der Waals surface area contributed by atoms with Gasteiger partial charge in [-0.15, -0.1) is 21.5 Å². The van der Waals surface area contributed by atoms with Crippen molar-refractivity contribution >= 4 is 40.6 Å². The first-order valence-electron chi connectivity index (χ1n) is 13.1. The summed E-state index contributed by atoms with van der Waals surface area (Å²) in [5, 5.41) is 16.1. The minimum Gasteiger partial charge on any atom is -0.348 e. The normalized spacial score (nSPS) is 12.2. The average Bonchev–Trinajstić information content (AvgIpc) is 3.59. The topological polar surface area (TPSA) is 88.8 Å². The van der Waals surface area contributed by atoms with Gasteiger partial charge in [0.15, 0.2) is 11.0 Å². The number of rotatable bonds is 13. The average molecular weight is 584 g/mol. The Morgan fingerprint density at radius 1 is 1.23 bits per heavy atom. The SMILES string of the molecule is CCN(CC)CCCC(C)NC(=O)c1csc(CSc2nnc(-c3cccnc3)n2-c2cc(Cl)ccc2C)n1. The fraction of sp³-hybridized carbons (Fsp3) is 0.393. The van der Waals surface area contributed by atoms with E-state index in [1.165, 1.54) is 23.1 Å². The second-order valence-electron chi connectivity index (χ2n) is 9.27. The van der Waals surface area contributed by atoms with E-state index in [2.05, 4.69) is 44.2 Å². The van der Waals surface area contributed by atoms with Crippen LogP contribution < -0.4 is 5.32 Å². The molecule has 0 aliphatic rings. The first-order chi connectivity index (χ1) is 18.9. The summed E-state index contributed by atoms with van der Waals surface area (Å²) in [6.45, 7) is 11.6. The van der Waals surface area contributed by atoms with Gasteiger partial charge in [0.25, 0.3) is 5.91 Å². The van der Waals surface area contributed by atoms with Gasteiger partial charge >= 0.3 is 0 Å². The molecule has 0 fully saturated rings. The molecule has 1 N–H and O–H groups in total. The summed E-state index contributed by atoms with van der Waals surface area (Å²) in [5.41, 5.74) is 3.26. The van der Waals surface area contributed by atoms with Crippen molar-refractivity contribution in [1.82, 2.24) is 34.9 Å². The molecule has 0 saturated heterocycles. The number of benzene rings is 1. The molecule has 3 aromatic heterocycles. The Bertz CT molecular complexity index is 1370. The molecule has 0 radical (unpaired) electrons. The van der Waals surface area contributed by atoms with Gasteiger partial charge in [-0.3, -0.25) is 14.3 Å². The predicted octanol–water partition coefficient (Wildman–Crippen LogP) is 6.28. The number of carbonyl (C=O) groups is 1. The van der Waals surface area contributed by atoms with E-state index in [0.29, 0.717) is 27.5 Å². The lowest BCUT2D eigenvalue weighted by atomic mass is 10.1. The molecule has 206 valence electrons. The number of hydrogen-bond donors (Lipinski definition) is 1. The predicted molar refractivity (Wildman–Crippen MR) is 160 cm³/mol. The molecule has 1 amide bonds. The zero-order valence-electron chi connectivity index (χ0n) is 22.7. The molecule has 4 aromatic rings. The van der Waals surface area contributed by atoms with E-state index < -0.39 is 0 Å². The number of amides is 1. The minimum atomic E-state index is -0.130. The van der Waals surface area contributed by atoms with Crippen LogP contribution in [0.25, 0.3) is 17.1 Å². The number of halogens is 1. The van der Waals surface area contributed by atoms with Gasteiger partial charge < -0.3 is 10.2 Å². The Morgan fingerprint density at radius 2 is 2.05 bits per heavy atom. The highest BCUT2D eigenvalue weighted by atomic mass is 35.5. The van der Waals surface area contributed by atoms with Crippen LogP contribution in [0.4, 0.5) is 0 Å². The zero-order valence-corrected chi connectivity index (χ0v) is 25.1. The van der Waals surface area contributed by atoms with Crippen molar-refractivity contribution in [3.05, 3.63) is 69.4 Å². The highest BCUT2D eigenvalue weighted by Gasteiger charge is 2.20. The number of pyridine rings is 1. The van der Waals surface area contributed by atoms with Crippen molar-refractivity contribution in [1.29, 1.82) is 0 Å². The van der Waals surface area contributed by atoms with Crippen LogP contribution in [0.15, 0.2) is 53.3 Å². The number of aromatic nitrogens is 5. The molecule has 4 rings (SSSR count). The molecular formula is C28H34ClN7OS2. The molecule has 8 nitrogen and oxygen atoms in total. The van der Waals surface area contributed by atoms with E-state index >= 15 is 0 Å². The number of carbonyl (C=O) groups excluding carboxylic acids is 1. The van der Waals surface area contributed by atoms with Crippen molar-refractivity contribution in [3.63, 3.8) is 0 Å². The van der Waals surface area contributed by atoms with Gasteiger partial charge in [-0.1, -0.05) is 43.3 Å². The molecular weight excluding hydrogens is 550 g/mol. The second-order valence-corrected chi connectivity index (χ2v) is 11.6. The fourth-order valence-corrected chi connectivity index (χ4v) is 6.13. The van der Waals surface area contributed by atoms with Crippen LogP contribution in [0, 0.1) is 6.92 Å². The number of nitrogens with one attached hydrogen (secondary N) is 1. The van der Waals surface area contributed by atoms with Gasteiger partial charge in [-0.25, -0.2) is 4.98 Å². The van der Waals surface area contributed by atoms with Gasteiger partial charge in [0, 0.05) is 34.4 Å². The van der Waals surface area contributed by atoms with Gasteiger partial charge in [0.05, 0.1) is 11.4 Å². The maximum Gasteiger partial charge on any atom is 0.270 e. The highest BCUT2D eigenvalue weighted by Crippen LogP contribution is 2.32. The van der Waals surface area contributed by atoms with Crippen LogP contribution in [0.5, 0.6) is 0 Å². The molecule has 0 saturated carbocycles. The number of nitrogens with zero attached hydrogens (tertiary/aromatic N) is 6. The second kappa shape index (κ2) is 14.0. The number of thiazole rings is 1. The molecule has 39 heavy (non-hydrogen) atoms. The Hall–Kier alpha value is -2.79. The monoisotopic (exact) mass is 583 g/mol. The number of thioether (sulfide) groups is 1. The number of hydrogen-bond acceptors (Lipinski definition) is 8. The molecule has 0 aliphatic carbocycles. The molecule has 1 atom stereocenters. The summed E-state index contributed by atoms with van der Waals surface area (Å²) in [6.07, 6.45) is 5.49. The Balaban J connectivity index is 1.44. The fourth-order valence-electron chi connectivity index (χ4n) is 4.22. The lowest BCUT2D eigenvalue weighted by Crippen LogP contribution is -2.33. The third-order valence-corrected chi connectivity index (χ3v) is 8.66. The van der Waals surface area contributed by atoms with E-state index in [-0.39, 0.29) is 11.9 Å². The van der Waals surface area contributed by atoms with Crippen LogP contribution in [-0.4, -0.2) is 61.2 Å². The molecule has 0 spiro atoms. The van der Waals surface area contributed by atoms with E-state index in [1.54, 1.807) is 12.4 Å². The van der Waals surface area contributed by atoms with Crippen LogP contribution >= 0.6 is 34.7 Å². The van der Waals surface area contributed by atoms with Crippen LogP contribution in [0.1, 0.15) is 54.7 Å². The largest absolute Gasteiger partial charge is 0.348 e. The highest BCUT2D eigenvalue weighted by molar-refractivity contribution is 7.98. The first kappa shape index (κ1) is 29.2. The molecule has 3 heterocycles. The standard InChI is InChI=1S/C28H34ClN7OS2/c1-5-35(6-2)14-8-9-20(4)31-27(37)23-17-38-25(32-23)18-39-28-34-33-26(21-10-7-13-30-16-21)36(28)24-15-22(29)12-11-19(24)3/h7,10-13,15-17,20H,5-6,8-9,14,18H2,1-4H3,(H,31,37). The summed E-state index contributed by atoms with van der Waals surface area (Å²) in [5.74, 6) is 1.11. The summed E-state index contributed by atoms with van der Waals surface area (Å²) in [4.78, 5) is 24.0. The van der Waals surface area contributed by atoms with Gasteiger partial charge in [-0.2, -0.15) is 0 Å². The van der Waals surface area contributed by atoms with E-state index in [1.807, 2.05) is 54.1 Å².